The van der Waals surface area contributed by atoms with Crippen molar-refractivity contribution in [2.24, 2.45) is 10.9 Å². The normalized spacial score (nSPS) is 22.9. The third-order valence-corrected chi connectivity index (χ3v) is 5.45. The number of aliphatic imine (C=N–C) groups is 1. The van der Waals surface area contributed by atoms with E-state index >= 15 is 0 Å². The maximum absolute atomic E-state index is 11.3. The summed E-state index contributed by atoms with van der Waals surface area (Å²) in [5, 5.41) is 6.56. The van der Waals surface area contributed by atoms with Gasteiger partial charge in [0.25, 0.3) is 0 Å². The quantitative estimate of drug-likeness (QED) is 0.507. The van der Waals surface area contributed by atoms with E-state index in [-0.39, 0.29) is 11.8 Å². The third-order valence-electron chi connectivity index (χ3n) is 4.47. The Balaban J connectivity index is 2.51. The average Bonchev–Trinajstić information content (AvgIpc) is 2.50. The molecule has 0 aromatic rings. The predicted octanol–water partition coefficient (Wildman–Crippen LogP) is 1.49. The van der Waals surface area contributed by atoms with Crippen LogP contribution in [0.1, 0.15) is 47.0 Å². The van der Waals surface area contributed by atoms with E-state index in [1.807, 2.05) is 13.8 Å². The molecule has 1 aliphatic heterocycles. The van der Waals surface area contributed by atoms with Gasteiger partial charge in [-0.2, -0.15) is 0 Å². The van der Waals surface area contributed by atoms with Gasteiger partial charge in [0.15, 0.2) is 5.96 Å². The van der Waals surface area contributed by atoms with Gasteiger partial charge >= 0.3 is 0 Å². The first-order valence-corrected chi connectivity index (χ1v) is 11.2. The van der Waals surface area contributed by atoms with E-state index in [0.717, 1.165) is 38.1 Å². The van der Waals surface area contributed by atoms with E-state index in [9.17, 15) is 8.42 Å². The van der Waals surface area contributed by atoms with Gasteiger partial charge in [0.2, 0.25) is 0 Å². The summed E-state index contributed by atoms with van der Waals surface area (Å²) in [4.78, 5) is 7.22. The summed E-state index contributed by atoms with van der Waals surface area (Å²) in [6, 6.07) is 0.498. The molecule has 6 nitrogen and oxygen atoms in total. The molecule has 2 N–H and O–H groups in total. The highest BCUT2D eigenvalue weighted by atomic mass is 32.2. The second kappa shape index (κ2) is 10.2. The Bertz CT molecular complexity index is 493. The molecule has 1 saturated heterocycles. The molecule has 1 fully saturated rings. The number of guanidine groups is 1. The summed E-state index contributed by atoms with van der Waals surface area (Å²) >= 11 is 0. The predicted molar refractivity (Wildman–Crippen MR) is 102 cm³/mol. The van der Waals surface area contributed by atoms with Crippen molar-refractivity contribution in [2.45, 2.75) is 59.0 Å². The number of hydrogen-bond acceptors (Lipinski definition) is 4. The second-order valence-electron chi connectivity index (χ2n) is 7.27. The second-order valence-corrected chi connectivity index (χ2v) is 9.53. The molecule has 3 atom stereocenters. The molecule has 0 saturated carbocycles. The standard InChI is InChI=1S/C17H36N4O2S/c1-6-18-17(20-15(3)9-11-24(5,22)23)19-12-16(4)21-10-7-8-14(2)13-21/h14-16H,6-13H2,1-5H3,(H2,18,19,20). The molecule has 1 aliphatic rings. The zero-order valence-electron chi connectivity index (χ0n) is 16.0. The first-order valence-electron chi connectivity index (χ1n) is 9.18. The summed E-state index contributed by atoms with van der Waals surface area (Å²) in [5.74, 6) is 1.74. The van der Waals surface area contributed by atoms with Gasteiger partial charge in [0.05, 0.1) is 12.3 Å². The van der Waals surface area contributed by atoms with Crippen LogP contribution in [0.5, 0.6) is 0 Å². The highest BCUT2D eigenvalue weighted by Crippen LogP contribution is 2.17. The zero-order chi connectivity index (χ0) is 18.2. The number of likely N-dealkylation sites (tertiary alicyclic amines) is 1. The van der Waals surface area contributed by atoms with Gasteiger partial charge in [-0.3, -0.25) is 9.89 Å². The first-order chi connectivity index (χ1) is 11.2. The minimum absolute atomic E-state index is 0.0721. The van der Waals surface area contributed by atoms with Gasteiger partial charge in [0.1, 0.15) is 9.84 Å². The number of nitrogens with zero attached hydrogens (tertiary/aromatic N) is 2. The molecule has 7 heteroatoms. The van der Waals surface area contributed by atoms with E-state index in [2.05, 4.69) is 29.4 Å². The molecular weight excluding hydrogens is 324 g/mol. The van der Waals surface area contributed by atoms with Gasteiger partial charge in [-0.1, -0.05) is 6.92 Å². The van der Waals surface area contributed by atoms with Crippen LogP contribution in [0.2, 0.25) is 0 Å². The summed E-state index contributed by atoms with van der Waals surface area (Å²) in [5.41, 5.74) is 0. The van der Waals surface area contributed by atoms with Crippen LogP contribution in [0.3, 0.4) is 0 Å². The maximum Gasteiger partial charge on any atom is 0.191 e. The van der Waals surface area contributed by atoms with Crippen LogP contribution < -0.4 is 10.6 Å². The molecule has 0 radical (unpaired) electrons. The minimum atomic E-state index is -2.92. The molecule has 24 heavy (non-hydrogen) atoms. The van der Waals surface area contributed by atoms with Gasteiger partial charge in [-0.05, 0) is 52.5 Å². The van der Waals surface area contributed by atoms with Gasteiger partial charge in [-0.15, -0.1) is 0 Å². The van der Waals surface area contributed by atoms with Gasteiger partial charge < -0.3 is 10.6 Å². The van der Waals surface area contributed by atoms with Crippen LogP contribution in [-0.2, 0) is 9.84 Å². The van der Waals surface area contributed by atoms with E-state index in [1.54, 1.807) is 0 Å². The van der Waals surface area contributed by atoms with Crippen molar-refractivity contribution in [3.8, 4) is 0 Å². The number of nitrogens with one attached hydrogen (secondary N) is 2. The average molecular weight is 361 g/mol. The third kappa shape index (κ3) is 8.87. The lowest BCUT2D eigenvalue weighted by Gasteiger charge is -2.35. The molecule has 0 aromatic carbocycles. The molecule has 142 valence electrons. The number of sulfone groups is 1. The Hall–Kier alpha value is -0.820. The largest absolute Gasteiger partial charge is 0.357 e. The first kappa shape index (κ1) is 21.2. The van der Waals surface area contributed by atoms with Crippen LogP contribution in [0.4, 0.5) is 0 Å². The van der Waals surface area contributed by atoms with E-state index in [0.29, 0.717) is 12.5 Å². The van der Waals surface area contributed by atoms with Crippen LogP contribution in [0.15, 0.2) is 4.99 Å². The summed E-state index contributed by atoms with van der Waals surface area (Å²) < 4.78 is 22.6. The fourth-order valence-electron chi connectivity index (χ4n) is 2.98. The van der Waals surface area contributed by atoms with Crippen molar-refractivity contribution in [3.63, 3.8) is 0 Å². The van der Waals surface area contributed by atoms with Crippen LogP contribution in [-0.4, -0.2) is 69.5 Å². The number of hydrogen-bond donors (Lipinski definition) is 2. The van der Waals surface area contributed by atoms with Crippen molar-refractivity contribution >= 4 is 15.8 Å². The lowest BCUT2D eigenvalue weighted by molar-refractivity contribution is 0.142. The topological polar surface area (TPSA) is 73.8 Å². The summed E-state index contributed by atoms with van der Waals surface area (Å²) in [6.07, 6.45) is 4.47. The van der Waals surface area contributed by atoms with Crippen molar-refractivity contribution in [3.05, 3.63) is 0 Å². The Kier molecular flexibility index (Phi) is 9.05. The highest BCUT2D eigenvalue weighted by molar-refractivity contribution is 7.90. The molecule has 1 heterocycles. The fourth-order valence-corrected chi connectivity index (χ4v) is 3.76. The van der Waals surface area contributed by atoms with E-state index in [1.165, 1.54) is 19.1 Å². The smallest absolute Gasteiger partial charge is 0.191 e. The molecule has 3 unspecified atom stereocenters. The Morgan fingerprint density at radius 1 is 1.38 bits per heavy atom. The minimum Gasteiger partial charge on any atom is -0.357 e. The molecule has 1 rings (SSSR count). The molecule has 0 aromatic heterocycles. The molecule has 0 aliphatic carbocycles. The van der Waals surface area contributed by atoms with Crippen molar-refractivity contribution < 1.29 is 8.42 Å². The van der Waals surface area contributed by atoms with Gasteiger partial charge in [-0.25, -0.2) is 8.42 Å². The maximum atomic E-state index is 11.3. The Morgan fingerprint density at radius 2 is 2.08 bits per heavy atom. The summed E-state index contributed by atoms with van der Waals surface area (Å²) in [7, 11) is -2.92. The van der Waals surface area contributed by atoms with Crippen molar-refractivity contribution in [1.29, 1.82) is 0 Å². The SMILES string of the molecule is CCNC(=NCC(C)N1CCCC(C)C1)NC(C)CCS(C)(=O)=O. The lowest BCUT2D eigenvalue weighted by atomic mass is 9.99. The Labute approximate surface area is 148 Å². The molecule has 0 amide bonds. The Morgan fingerprint density at radius 3 is 2.67 bits per heavy atom. The van der Waals surface area contributed by atoms with E-state index < -0.39 is 9.84 Å². The lowest BCUT2D eigenvalue weighted by Crippen LogP contribution is -2.45. The van der Waals surface area contributed by atoms with Gasteiger partial charge in [0, 0.05) is 31.4 Å². The van der Waals surface area contributed by atoms with Crippen LogP contribution >= 0.6 is 0 Å². The molecule has 0 spiro atoms. The van der Waals surface area contributed by atoms with Crippen LogP contribution in [0.25, 0.3) is 0 Å². The fraction of sp³-hybridized carbons (Fsp3) is 0.941. The zero-order valence-corrected chi connectivity index (χ0v) is 16.8. The molecule has 0 bridgehead atoms. The number of piperidine rings is 1. The van der Waals surface area contributed by atoms with Crippen LogP contribution in [0, 0.1) is 5.92 Å². The highest BCUT2D eigenvalue weighted by Gasteiger charge is 2.20. The molecular formula is C17H36N4O2S. The number of rotatable bonds is 8. The monoisotopic (exact) mass is 360 g/mol. The van der Waals surface area contributed by atoms with Crippen molar-refractivity contribution in [2.75, 3.05) is 38.2 Å². The summed E-state index contributed by atoms with van der Waals surface area (Å²) in [6.45, 7) is 12.4. The van der Waals surface area contributed by atoms with E-state index in [4.69, 9.17) is 4.99 Å². The van der Waals surface area contributed by atoms with Crippen molar-refractivity contribution in [1.82, 2.24) is 15.5 Å².